The summed E-state index contributed by atoms with van der Waals surface area (Å²) in [5.74, 6) is -1.21. The quantitative estimate of drug-likeness (QED) is 0.545. The van der Waals surface area contributed by atoms with Gasteiger partial charge in [-0.25, -0.2) is 9.79 Å². The molecule has 1 amide bonds. The molecule has 0 saturated heterocycles. The summed E-state index contributed by atoms with van der Waals surface area (Å²) >= 11 is 0. The highest BCUT2D eigenvalue weighted by Gasteiger charge is 2.28. The molecule has 1 heterocycles. The zero-order valence-electron chi connectivity index (χ0n) is 10.6. The van der Waals surface area contributed by atoms with E-state index in [2.05, 4.69) is 9.98 Å². The van der Waals surface area contributed by atoms with Gasteiger partial charge in [-0.2, -0.15) is 0 Å². The zero-order chi connectivity index (χ0) is 13.3. The second-order valence-electron chi connectivity index (χ2n) is 4.16. The summed E-state index contributed by atoms with van der Waals surface area (Å²) in [5, 5.41) is 1.08. The maximum absolute atomic E-state index is 11.7. The first-order valence-electron chi connectivity index (χ1n) is 5.77. The molecule has 2 rings (SSSR count). The van der Waals surface area contributed by atoms with E-state index in [0.29, 0.717) is 10.7 Å². The summed E-state index contributed by atoms with van der Waals surface area (Å²) in [6.07, 6.45) is 0. The van der Waals surface area contributed by atoms with Crippen molar-refractivity contribution >= 4 is 11.9 Å². The number of benzene rings is 1. The maximum atomic E-state index is 11.7. The smallest absolute Gasteiger partial charge is 0.340 e. The van der Waals surface area contributed by atoms with Crippen molar-refractivity contribution in [2.45, 2.75) is 26.8 Å². The Morgan fingerprint density at radius 2 is 1.89 bits per heavy atom. The van der Waals surface area contributed by atoms with Crippen molar-refractivity contribution < 1.29 is 14.3 Å². The number of carbonyl (C=O) groups excluding carboxylic acids is 2. The highest BCUT2D eigenvalue weighted by Crippen LogP contribution is 2.03. The predicted molar refractivity (Wildman–Crippen MR) is 63.7 cm³/mol. The Kier molecular flexibility index (Phi) is 3.23. The van der Waals surface area contributed by atoms with E-state index in [0.717, 1.165) is 11.1 Å². The third-order valence-corrected chi connectivity index (χ3v) is 2.83. The molecule has 0 spiro atoms. The summed E-state index contributed by atoms with van der Waals surface area (Å²) in [7, 11) is 0. The van der Waals surface area contributed by atoms with Crippen LogP contribution in [0.25, 0.3) is 0 Å². The van der Waals surface area contributed by atoms with Crippen LogP contribution in [0.2, 0.25) is 0 Å². The van der Waals surface area contributed by atoms with Crippen LogP contribution in [0.15, 0.2) is 22.1 Å². The molecule has 5 heteroatoms. The third-order valence-electron chi connectivity index (χ3n) is 2.83. The van der Waals surface area contributed by atoms with E-state index < -0.39 is 17.9 Å². The van der Waals surface area contributed by atoms with Crippen molar-refractivity contribution in [2.24, 2.45) is 9.98 Å². The van der Waals surface area contributed by atoms with Gasteiger partial charge in [-0.05, 0) is 44.0 Å². The van der Waals surface area contributed by atoms with E-state index in [4.69, 9.17) is 4.74 Å². The fourth-order valence-electron chi connectivity index (χ4n) is 1.73. The number of aryl methyl sites for hydroxylation is 2. The van der Waals surface area contributed by atoms with Gasteiger partial charge in [0, 0.05) is 0 Å². The van der Waals surface area contributed by atoms with Crippen molar-refractivity contribution in [3.8, 4) is 0 Å². The monoisotopic (exact) mass is 246 g/mol. The number of hydrogen-bond donors (Lipinski definition) is 0. The second-order valence-corrected chi connectivity index (χ2v) is 4.16. The summed E-state index contributed by atoms with van der Waals surface area (Å²) in [6, 6.07) is 2.47. The van der Waals surface area contributed by atoms with Gasteiger partial charge in [0.05, 0.1) is 17.3 Å². The minimum atomic E-state index is -1.15. The number of fused-ring (bicyclic) bond motifs is 1. The summed E-state index contributed by atoms with van der Waals surface area (Å²) < 4.78 is 4.81. The Morgan fingerprint density at radius 1 is 1.28 bits per heavy atom. The minimum absolute atomic E-state index is 0.220. The highest BCUT2D eigenvalue weighted by atomic mass is 16.5. The molecule has 1 aromatic rings. The molecule has 1 atom stereocenters. The van der Waals surface area contributed by atoms with Crippen LogP contribution in [0.1, 0.15) is 18.1 Å². The molecule has 0 radical (unpaired) electrons. The molecule has 0 saturated carbocycles. The number of nitrogens with zero attached hydrogens (tertiary/aromatic N) is 2. The van der Waals surface area contributed by atoms with Gasteiger partial charge in [0.15, 0.2) is 0 Å². The van der Waals surface area contributed by atoms with Gasteiger partial charge in [-0.1, -0.05) is 0 Å². The lowest BCUT2D eigenvalue weighted by atomic mass is 10.1. The first-order chi connectivity index (χ1) is 8.52. The average molecular weight is 246 g/mol. The van der Waals surface area contributed by atoms with Gasteiger partial charge in [0.2, 0.25) is 6.04 Å². The van der Waals surface area contributed by atoms with Gasteiger partial charge in [-0.3, -0.25) is 9.79 Å². The van der Waals surface area contributed by atoms with Crippen molar-refractivity contribution in [1.29, 1.82) is 0 Å². The Balaban J connectivity index is 2.53. The van der Waals surface area contributed by atoms with E-state index in [1.54, 1.807) is 13.0 Å². The minimum Gasteiger partial charge on any atom is -0.464 e. The molecular formula is C13H14N2O3. The van der Waals surface area contributed by atoms with Crippen LogP contribution in [-0.4, -0.2) is 24.5 Å². The SMILES string of the molecule is CCOC(=O)C1N=c2cc(C)c(C)cc2=NC1=O. The van der Waals surface area contributed by atoms with Gasteiger partial charge >= 0.3 is 5.97 Å². The molecule has 0 N–H and O–H groups in total. The predicted octanol–water partition coefficient (Wildman–Crippen LogP) is 0.0145. The standard InChI is InChI=1S/C13H14N2O3/c1-4-18-13(17)11-12(16)15-10-6-8(3)7(2)5-9(10)14-11/h5-6,11H,4H2,1-3H3. The van der Waals surface area contributed by atoms with Gasteiger partial charge in [0.1, 0.15) is 0 Å². The second kappa shape index (κ2) is 4.68. The van der Waals surface area contributed by atoms with Crippen LogP contribution in [0.5, 0.6) is 0 Å². The number of carbonyl (C=O) groups is 2. The Bertz CT molecular complexity index is 634. The Morgan fingerprint density at radius 3 is 2.50 bits per heavy atom. The molecule has 1 aliphatic rings. The first-order valence-corrected chi connectivity index (χ1v) is 5.77. The lowest BCUT2D eigenvalue weighted by Gasteiger charge is -2.11. The molecular weight excluding hydrogens is 232 g/mol. The topological polar surface area (TPSA) is 68.1 Å². The highest BCUT2D eigenvalue weighted by molar-refractivity contribution is 6.02. The van der Waals surface area contributed by atoms with E-state index in [1.807, 2.05) is 19.9 Å². The van der Waals surface area contributed by atoms with Crippen molar-refractivity contribution in [3.63, 3.8) is 0 Å². The van der Waals surface area contributed by atoms with Crippen LogP contribution in [-0.2, 0) is 14.3 Å². The largest absolute Gasteiger partial charge is 0.464 e. The molecule has 0 aromatic heterocycles. The fraction of sp³-hybridized carbons (Fsp3) is 0.385. The van der Waals surface area contributed by atoms with Gasteiger partial charge in [0.25, 0.3) is 5.91 Å². The lowest BCUT2D eigenvalue weighted by Crippen LogP contribution is -2.41. The number of rotatable bonds is 2. The molecule has 1 unspecified atom stereocenters. The van der Waals surface area contributed by atoms with Crippen molar-refractivity contribution in [2.75, 3.05) is 6.61 Å². The number of amides is 1. The molecule has 1 aliphatic heterocycles. The molecule has 5 nitrogen and oxygen atoms in total. The Hall–Kier alpha value is -2.04. The van der Waals surface area contributed by atoms with Gasteiger partial charge in [-0.15, -0.1) is 0 Å². The number of esters is 1. The summed E-state index contributed by atoms with van der Waals surface area (Å²) in [5.41, 5.74) is 2.08. The fourth-order valence-corrected chi connectivity index (χ4v) is 1.73. The van der Waals surface area contributed by atoms with Crippen LogP contribution in [0.3, 0.4) is 0 Å². The van der Waals surface area contributed by atoms with E-state index >= 15 is 0 Å². The molecule has 0 aliphatic carbocycles. The number of hydrogen-bond acceptors (Lipinski definition) is 4. The maximum Gasteiger partial charge on any atom is 0.340 e. The summed E-state index contributed by atoms with van der Waals surface area (Å²) in [4.78, 5) is 31.3. The lowest BCUT2D eigenvalue weighted by molar-refractivity contribution is -0.147. The zero-order valence-corrected chi connectivity index (χ0v) is 10.6. The average Bonchev–Trinajstić information content (AvgIpc) is 2.31. The molecule has 0 bridgehead atoms. The molecule has 18 heavy (non-hydrogen) atoms. The van der Waals surface area contributed by atoms with Crippen LogP contribution >= 0.6 is 0 Å². The first kappa shape index (κ1) is 12.4. The van der Waals surface area contributed by atoms with Crippen LogP contribution in [0.4, 0.5) is 0 Å². The van der Waals surface area contributed by atoms with E-state index in [1.165, 1.54) is 0 Å². The van der Waals surface area contributed by atoms with Crippen LogP contribution < -0.4 is 10.7 Å². The number of ether oxygens (including phenoxy) is 1. The van der Waals surface area contributed by atoms with Gasteiger partial charge < -0.3 is 4.74 Å². The summed E-state index contributed by atoms with van der Waals surface area (Å²) in [6.45, 7) is 5.79. The molecule has 0 fully saturated rings. The van der Waals surface area contributed by atoms with Crippen molar-refractivity contribution in [3.05, 3.63) is 34.0 Å². The van der Waals surface area contributed by atoms with Crippen LogP contribution in [0, 0.1) is 13.8 Å². The van der Waals surface area contributed by atoms with E-state index in [-0.39, 0.29) is 6.61 Å². The molecule has 1 aromatic carbocycles. The Labute approximate surface area is 104 Å². The third kappa shape index (κ3) is 2.16. The van der Waals surface area contributed by atoms with Crippen molar-refractivity contribution in [1.82, 2.24) is 0 Å². The normalized spacial score (nSPS) is 17.5. The van der Waals surface area contributed by atoms with E-state index in [9.17, 15) is 9.59 Å². The molecule has 94 valence electrons.